The fraction of sp³-hybridized carbons (Fsp3) is 0.118. The van der Waals surface area contributed by atoms with Crippen LogP contribution >= 0.6 is 11.6 Å². The van der Waals surface area contributed by atoms with Crippen molar-refractivity contribution in [3.8, 4) is 11.5 Å². The summed E-state index contributed by atoms with van der Waals surface area (Å²) in [5, 5.41) is 10.8. The lowest BCUT2D eigenvalue weighted by Crippen LogP contribution is -2.18. The third kappa shape index (κ3) is 4.47. The summed E-state index contributed by atoms with van der Waals surface area (Å²) in [5.41, 5.74) is 0.456. The van der Waals surface area contributed by atoms with Crippen LogP contribution in [0.2, 0.25) is 5.02 Å². The van der Waals surface area contributed by atoms with Crippen LogP contribution in [0.5, 0.6) is 11.5 Å². The van der Waals surface area contributed by atoms with Crippen LogP contribution in [0.4, 0.5) is 5.69 Å². The minimum Gasteiger partial charge on any atom is -0.545 e. The number of carboxylic acid groups (broad SMARTS) is 1. The molecule has 1 N–H and O–H groups in total. The summed E-state index contributed by atoms with van der Waals surface area (Å²) in [6.45, 7) is 0. The summed E-state index contributed by atoms with van der Waals surface area (Å²) in [4.78, 5) is 10.4. The Morgan fingerprint density at radius 3 is 2.46 bits per heavy atom. The monoisotopic (exact) mass is 396 g/mol. The Bertz CT molecular complexity index is 956. The zero-order chi connectivity index (χ0) is 19.3. The number of anilines is 1. The van der Waals surface area contributed by atoms with Gasteiger partial charge in [0.2, 0.25) is 0 Å². The largest absolute Gasteiger partial charge is 0.545 e. The third-order valence-electron chi connectivity index (χ3n) is 3.29. The van der Waals surface area contributed by atoms with Crippen LogP contribution in [-0.2, 0) is 14.8 Å². The van der Waals surface area contributed by atoms with Gasteiger partial charge in [-0.05, 0) is 35.9 Å². The molecule has 0 saturated heterocycles. The van der Waals surface area contributed by atoms with Gasteiger partial charge in [0, 0.05) is 0 Å². The van der Waals surface area contributed by atoms with Crippen LogP contribution in [0.3, 0.4) is 0 Å². The van der Waals surface area contributed by atoms with Crippen molar-refractivity contribution in [1.29, 1.82) is 0 Å². The number of methoxy groups -OCH3 is 2. The molecule has 138 valence electrons. The van der Waals surface area contributed by atoms with Crippen molar-refractivity contribution < 1.29 is 27.8 Å². The zero-order valence-corrected chi connectivity index (χ0v) is 15.4. The SMILES string of the molecule is COc1cc(/C=C/C(=O)[O-])cc(S(=O)(=O)Nc2ccccc2Cl)c1OC. The highest BCUT2D eigenvalue weighted by Gasteiger charge is 2.24. The Labute approximate surface area is 155 Å². The smallest absolute Gasteiger partial charge is 0.265 e. The second-order valence-electron chi connectivity index (χ2n) is 4.99. The molecule has 0 aliphatic carbocycles. The second kappa shape index (κ2) is 8.11. The van der Waals surface area contributed by atoms with E-state index in [1.807, 2.05) is 0 Å². The highest BCUT2D eigenvalue weighted by atomic mass is 35.5. The van der Waals surface area contributed by atoms with Gasteiger partial charge in [0.05, 0.1) is 30.9 Å². The molecule has 2 rings (SSSR count). The quantitative estimate of drug-likeness (QED) is 0.717. The molecule has 0 bridgehead atoms. The molecule has 0 unspecified atom stereocenters. The predicted octanol–water partition coefficient (Wildman–Crippen LogP) is 1.92. The van der Waals surface area contributed by atoms with E-state index in [2.05, 4.69) is 4.72 Å². The summed E-state index contributed by atoms with van der Waals surface area (Å²) in [7, 11) is -1.48. The molecule has 0 amide bonds. The highest BCUT2D eigenvalue weighted by Crippen LogP contribution is 2.37. The van der Waals surface area contributed by atoms with E-state index >= 15 is 0 Å². The van der Waals surface area contributed by atoms with E-state index in [-0.39, 0.29) is 32.7 Å². The number of benzene rings is 2. The fourth-order valence-corrected chi connectivity index (χ4v) is 3.69. The number of rotatable bonds is 7. The lowest BCUT2D eigenvalue weighted by molar-refractivity contribution is -0.297. The summed E-state index contributed by atoms with van der Waals surface area (Å²) < 4.78 is 38.4. The first-order valence-electron chi connectivity index (χ1n) is 7.21. The Kier molecular flexibility index (Phi) is 6.12. The van der Waals surface area contributed by atoms with Gasteiger partial charge in [0.25, 0.3) is 10.0 Å². The number of sulfonamides is 1. The lowest BCUT2D eigenvalue weighted by Gasteiger charge is -2.16. The van der Waals surface area contributed by atoms with Crippen LogP contribution < -0.4 is 19.3 Å². The van der Waals surface area contributed by atoms with Gasteiger partial charge < -0.3 is 19.4 Å². The van der Waals surface area contributed by atoms with E-state index < -0.39 is 16.0 Å². The minimum atomic E-state index is -4.11. The Balaban J connectivity index is 2.59. The maximum atomic E-state index is 12.8. The first-order chi connectivity index (χ1) is 12.3. The second-order valence-corrected chi connectivity index (χ2v) is 7.05. The average molecular weight is 397 g/mol. The van der Waals surface area contributed by atoms with Gasteiger partial charge in [-0.2, -0.15) is 0 Å². The number of carbonyl (C=O) groups excluding carboxylic acids is 1. The van der Waals surface area contributed by atoms with Crippen molar-refractivity contribution >= 4 is 39.4 Å². The number of carbonyl (C=O) groups is 1. The zero-order valence-electron chi connectivity index (χ0n) is 13.9. The number of hydrogen-bond donors (Lipinski definition) is 1. The molecule has 0 saturated carbocycles. The van der Waals surface area contributed by atoms with Crippen LogP contribution in [0.25, 0.3) is 6.08 Å². The van der Waals surface area contributed by atoms with Gasteiger partial charge in [0.15, 0.2) is 11.5 Å². The number of aliphatic carboxylic acids is 1. The van der Waals surface area contributed by atoms with Gasteiger partial charge in [-0.1, -0.05) is 29.8 Å². The number of para-hydroxylation sites is 1. The van der Waals surface area contributed by atoms with Gasteiger partial charge >= 0.3 is 0 Å². The molecule has 2 aromatic carbocycles. The Hall–Kier alpha value is -2.71. The molecular weight excluding hydrogens is 382 g/mol. The molecule has 0 radical (unpaired) electrons. The summed E-state index contributed by atoms with van der Waals surface area (Å²) in [5.74, 6) is -1.33. The fourth-order valence-electron chi connectivity index (χ4n) is 2.15. The third-order valence-corrected chi connectivity index (χ3v) is 4.99. The summed E-state index contributed by atoms with van der Waals surface area (Å²) >= 11 is 6.00. The van der Waals surface area contributed by atoms with E-state index in [4.69, 9.17) is 21.1 Å². The molecule has 2 aromatic rings. The average Bonchev–Trinajstić information content (AvgIpc) is 2.60. The number of hydrogen-bond acceptors (Lipinski definition) is 6. The molecule has 0 fully saturated rings. The highest BCUT2D eigenvalue weighted by molar-refractivity contribution is 7.92. The van der Waals surface area contributed by atoms with Crippen LogP contribution in [0, 0.1) is 0 Å². The van der Waals surface area contributed by atoms with Gasteiger partial charge in [-0.25, -0.2) is 8.42 Å². The molecule has 7 nitrogen and oxygen atoms in total. The molecular formula is C17H15ClNO6S-. The van der Waals surface area contributed by atoms with Crippen molar-refractivity contribution in [3.63, 3.8) is 0 Å². The Morgan fingerprint density at radius 1 is 1.19 bits per heavy atom. The van der Waals surface area contributed by atoms with Crippen LogP contribution in [0.15, 0.2) is 47.4 Å². The standard InChI is InChI=1S/C17H16ClNO6S/c1-24-14-9-11(7-8-16(20)21)10-15(17(14)25-2)26(22,23)19-13-6-4-3-5-12(13)18/h3-10,19H,1-2H3,(H,20,21)/p-1/b8-7+. The van der Waals surface area contributed by atoms with Crippen molar-refractivity contribution in [3.05, 3.63) is 53.1 Å². The van der Waals surface area contributed by atoms with Crippen molar-refractivity contribution in [2.24, 2.45) is 0 Å². The molecule has 0 aliphatic rings. The van der Waals surface area contributed by atoms with E-state index in [1.54, 1.807) is 12.1 Å². The summed E-state index contributed by atoms with van der Waals surface area (Å²) in [6, 6.07) is 9.02. The molecule has 0 heterocycles. The maximum absolute atomic E-state index is 12.8. The van der Waals surface area contributed by atoms with E-state index in [0.717, 1.165) is 6.08 Å². The van der Waals surface area contributed by atoms with Crippen LogP contribution in [0.1, 0.15) is 5.56 Å². The number of carboxylic acids is 1. The number of nitrogens with one attached hydrogen (secondary N) is 1. The first-order valence-corrected chi connectivity index (χ1v) is 9.07. The molecule has 0 aromatic heterocycles. The molecule has 9 heteroatoms. The van der Waals surface area contributed by atoms with E-state index in [1.165, 1.54) is 44.6 Å². The van der Waals surface area contributed by atoms with Crippen LogP contribution in [-0.4, -0.2) is 28.6 Å². The molecule has 0 atom stereocenters. The minimum absolute atomic E-state index is 0.0300. The van der Waals surface area contributed by atoms with E-state index in [9.17, 15) is 18.3 Å². The van der Waals surface area contributed by atoms with Gasteiger partial charge in [-0.3, -0.25) is 4.72 Å². The predicted molar refractivity (Wildman–Crippen MR) is 95.8 cm³/mol. The van der Waals surface area contributed by atoms with Gasteiger partial charge in [-0.15, -0.1) is 0 Å². The molecule has 0 aliphatic heterocycles. The van der Waals surface area contributed by atoms with Crippen molar-refractivity contribution in [1.82, 2.24) is 0 Å². The van der Waals surface area contributed by atoms with Crippen molar-refractivity contribution in [2.75, 3.05) is 18.9 Å². The normalized spacial score (nSPS) is 11.3. The topological polar surface area (TPSA) is 105 Å². The van der Waals surface area contributed by atoms with Crippen molar-refractivity contribution in [2.45, 2.75) is 4.90 Å². The first kappa shape index (κ1) is 19.6. The number of ether oxygens (including phenoxy) is 2. The maximum Gasteiger partial charge on any atom is 0.265 e. The lowest BCUT2D eigenvalue weighted by atomic mass is 10.2. The Morgan fingerprint density at radius 2 is 1.88 bits per heavy atom. The number of halogens is 1. The van der Waals surface area contributed by atoms with Gasteiger partial charge in [0.1, 0.15) is 4.90 Å². The molecule has 26 heavy (non-hydrogen) atoms. The summed E-state index contributed by atoms with van der Waals surface area (Å²) in [6.07, 6.45) is 1.96. The molecule has 0 spiro atoms. The van der Waals surface area contributed by atoms with E-state index in [0.29, 0.717) is 0 Å².